The van der Waals surface area contributed by atoms with Crippen molar-refractivity contribution >= 4 is 0 Å². The average molecular weight is 240 g/mol. The van der Waals surface area contributed by atoms with Gasteiger partial charge in [-0.1, -0.05) is 13.0 Å². The molecule has 0 aliphatic rings. The van der Waals surface area contributed by atoms with Crippen LogP contribution in [0.1, 0.15) is 18.9 Å². The minimum absolute atomic E-state index is 0.0434. The van der Waals surface area contributed by atoms with Crippen molar-refractivity contribution in [3.8, 4) is 11.5 Å². The number of phenolic OH excluding ortho intramolecular Hbond substituents is 1. The molecule has 0 unspecified atom stereocenters. The van der Waals surface area contributed by atoms with E-state index in [1.54, 1.807) is 12.1 Å². The molecular weight excluding hydrogens is 220 g/mol. The Kier molecular flexibility index (Phi) is 5.76. The van der Waals surface area contributed by atoms with Crippen LogP contribution in [0.3, 0.4) is 0 Å². The summed E-state index contributed by atoms with van der Waals surface area (Å²) in [5.74, 6) is 0.588. The lowest BCUT2D eigenvalue weighted by molar-refractivity contribution is 0.225. The van der Waals surface area contributed by atoms with Gasteiger partial charge in [-0.3, -0.25) is 10.9 Å². The molecule has 0 saturated heterocycles. The minimum atomic E-state index is 0.0434. The lowest BCUT2D eigenvalue weighted by Crippen LogP contribution is -2.42. The molecule has 0 radical (unpaired) electrons. The van der Waals surface area contributed by atoms with Crippen molar-refractivity contribution in [3.05, 3.63) is 23.8 Å². The van der Waals surface area contributed by atoms with Gasteiger partial charge in [-0.15, -0.1) is 0 Å². The lowest BCUT2D eigenvalue weighted by atomic mass is 10.2. The maximum Gasteiger partial charge on any atom is 0.160 e. The molecule has 1 atom stereocenters. The second-order valence-electron chi connectivity index (χ2n) is 3.79. The fourth-order valence-electron chi connectivity index (χ4n) is 1.42. The van der Waals surface area contributed by atoms with E-state index < -0.39 is 0 Å². The Bertz CT molecular complexity index is 341. The van der Waals surface area contributed by atoms with E-state index in [9.17, 15) is 5.11 Å². The van der Waals surface area contributed by atoms with Crippen LogP contribution in [0.25, 0.3) is 0 Å². The van der Waals surface area contributed by atoms with Crippen LogP contribution in [-0.4, -0.2) is 30.0 Å². The molecule has 1 aromatic carbocycles. The van der Waals surface area contributed by atoms with Gasteiger partial charge in [-0.2, -0.15) is 0 Å². The van der Waals surface area contributed by atoms with E-state index in [1.165, 1.54) is 7.11 Å². The van der Waals surface area contributed by atoms with Crippen LogP contribution < -0.4 is 15.6 Å². The lowest BCUT2D eigenvalue weighted by Gasteiger charge is -2.15. The first kappa shape index (κ1) is 13.8. The van der Waals surface area contributed by atoms with Crippen LogP contribution in [0.4, 0.5) is 0 Å². The summed E-state index contributed by atoms with van der Waals surface area (Å²) in [6.45, 7) is 2.65. The molecule has 4 N–H and O–H groups in total. The molecule has 96 valence electrons. The van der Waals surface area contributed by atoms with Crippen molar-refractivity contribution in [3.63, 3.8) is 0 Å². The molecule has 0 aliphatic carbocycles. The topological polar surface area (TPSA) is 73.8 Å². The van der Waals surface area contributed by atoms with Crippen LogP contribution in [-0.2, 0) is 6.54 Å². The Morgan fingerprint density at radius 2 is 2.18 bits per heavy atom. The molecule has 0 amide bonds. The van der Waals surface area contributed by atoms with Gasteiger partial charge in [0.05, 0.1) is 13.7 Å². The highest BCUT2D eigenvalue weighted by atomic mass is 16.5. The van der Waals surface area contributed by atoms with E-state index >= 15 is 0 Å². The van der Waals surface area contributed by atoms with E-state index in [4.69, 9.17) is 9.84 Å². The summed E-state index contributed by atoms with van der Waals surface area (Å²) in [6.07, 6.45) is 0.845. The zero-order valence-corrected chi connectivity index (χ0v) is 10.2. The molecule has 17 heavy (non-hydrogen) atoms. The molecule has 0 fully saturated rings. The third kappa shape index (κ3) is 4.22. The van der Waals surface area contributed by atoms with Crippen molar-refractivity contribution in [2.45, 2.75) is 25.9 Å². The van der Waals surface area contributed by atoms with Gasteiger partial charge >= 0.3 is 0 Å². The predicted octanol–water partition coefficient (Wildman–Crippen LogP) is 0.766. The highest BCUT2D eigenvalue weighted by Crippen LogP contribution is 2.25. The maximum atomic E-state index is 9.58. The number of benzene rings is 1. The number of methoxy groups -OCH3 is 1. The fraction of sp³-hybridized carbons (Fsp3) is 0.500. The van der Waals surface area contributed by atoms with Gasteiger partial charge in [-0.05, 0) is 24.1 Å². The van der Waals surface area contributed by atoms with E-state index in [0.717, 1.165) is 12.0 Å². The van der Waals surface area contributed by atoms with Gasteiger partial charge in [0.15, 0.2) is 11.5 Å². The number of aliphatic hydroxyl groups excluding tert-OH is 1. The molecule has 0 heterocycles. The number of hydrogen-bond donors (Lipinski definition) is 4. The molecule has 0 aromatic heterocycles. The van der Waals surface area contributed by atoms with Crippen molar-refractivity contribution in [2.75, 3.05) is 13.7 Å². The maximum absolute atomic E-state index is 9.58. The molecule has 0 aliphatic heterocycles. The van der Waals surface area contributed by atoms with Gasteiger partial charge in [0.25, 0.3) is 0 Å². The third-order valence-corrected chi connectivity index (χ3v) is 2.56. The van der Waals surface area contributed by atoms with Gasteiger partial charge < -0.3 is 14.9 Å². The summed E-state index contributed by atoms with van der Waals surface area (Å²) >= 11 is 0. The largest absolute Gasteiger partial charge is 0.504 e. The number of phenols is 1. The van der Waals surface area contributed by atoms with Crippen LogP contribution >= 0.6 is 0 Å². The molecular formula is C12H20N2O3. The number of aromatic hydroxyl groups is 1. The fourth-order valence-corrected chi connectivity index (χ4v) is 1.42. The molecule has 5 nitrogen and oxygen atoms in total. The number of aliphatic hydroxyl groups is 1. The predicted molar refractivity (Wildman–Crippen MR) is 65.8 cm³/mol. The van der Waals surface area contributed by atoms with Gasteiger partial charge in [-0.25, -0.2) is 0 Å². The van der Waals surface area contributed by atoms with Gasteiger partial charge in [0.2, 0.25) is 0 Å². The Labute approximate surface area is 101 Å². The summed E-state index contributed by atoms with van der Waals surface area (Å²) < 4.78 is 4.96. The molecule has 0 bridgehead atoms. The Morgan fingerprint density at radius 1 is 1.41 bits per heavy atom. The highest BCUT2D eigenvalue weighted by Gasteiger charge is 2.04. The monoisotopic (exact) mass is 240 g/mol. The summed E-state index contributed by atoms with van der Waals surface area (Å²) in [4.78, 5) is 0. The number of rotatable bonds is 7. The first-order valence-electron chi connectivity index (χ1n) is 5.66. The second kappa shape index (κ2) is 7.11. The first-order chi connectivity index (χ1) is 8.21. The molecule has 0 saturated carbocycles. The third-order valence-electron chi connectivity index (χ3n) is 2.56. The van der Waals surface area contributed by atoms with E-state index in [1.807, 2.05) is 13.0 Å². The zero-order chi connectivity index (χ0) is 12.7. The highest BCUT2D eigenvalue weighted by molar-refractivity contribution is 5.41. The number of hydrogen-bond acceptors (Lipinski definition) is 5. The van der Waals surface area contributed by atoms with Crippen LogP contribution in [0.2, 0.25) is 0 Å². The summed E-state index contributed by atoms with van der Waals surface area (Å²) in [6, 6.07) is 5.28. The standard InChI is InChI=1S/C12H20N2O3/c1-3-10(8-15)14-13-7-9-4-5-12(17-2)11(16)6-9/h4-6,10,13-16H,3,7-8H2,1-2H3/t10-/m1/s1. The Morgan fingerprint density at radius 3 is 2.71 bits per heavy atom. The molecule has 1 rings (SSSR count). The Balaban J connectivity index is 2.44. The molecule has 0 spiro atoms. The van der Waals surface area contributed by atoms with Crippen molar-refractivity contribution < 1.29 is 14.9 Å². The van der Waals surface area contributed by atoms with Crippen molar-refractivity contribution in [1.82, 2.24) is 10.9 Å². The van der Waals surface area contributed by atoms with Crippen molar-refractivity contribution in [1.29, 1.82) is 0 Å². The van der Waals surface area contributed by atoms with Gasteiger partial charge in [0.1, 0.15) is 0 Å². The molecule has 5 heteroatoms. The summed E-state index contributed by atoms with van der Waals surface area (Å²) in [5.41, 5.74) is 6.94. The van der Waals surface area contributed by atoms with Crippen LogP contribution in [0, 0.1) is 0 Å². The SMILES string of the molecule is CC[C@H](CO)NNCc1ccc(OC)c(O)c1. The minimum Gasteiger partial charge on any atom is -0.504 e. The molecule has 1 aromatic rings. The zero-order valence-electron chi connectivity index (χ0n) is 10.2. The average Bonchev–Trinajstić information content (AvgIpc) is 2.35. The van der Waals surface area contributed by atoms with Crippen LogP contribution in [0.5, 0.6) is 11.5 Å². The summed E-state index contributed by atoms with van der Waals surface area (Å²) in [5, 5.41) is 18.6. The van der Waals surface area contributed by atoms with E-state index in [-0.39, 0.29) is 18.4 Å². The van der Waals surface area contributed by atoms with E-state index in [0.29, 0.717) is 12.3 Å². The van der Waals surface area contributed by atoms with E-state index in [2.05, 4.69) is 10.9 Å². The quantitative estimate of drug-likeness (QED) is 0.530. The second-order valence-corrected chi connectivity index (χ2v) is 3.79. The van der Waals surface area contributed by atoms with Crippen molar-refractivity contribution in [2.24, 2.45) is 0 Å². The normalized spacial score (nSPS) is 12.4. The number of ether oxygens (including phenoxy) is 1. The first-order valence-corrected chi connectivity index (χ1v) is 5.66. The Hall–Kier alpha value is -1.30. The number of nitrogens with one attached hydrogen (secondary N) is 2. The number of hydrazine groups is 1. The van der Waals surface area contributed by atoms with Gasteiger partial charge in [0, 0.05) is 12.6 Å². The van der Waals surface area contributed by atoms with Crippen LogP contribution in [0.15, 0.2) is 18.2 Å². The summed E-state index contributed by atoms with van der Waals surface area (Å²) in [7, 11) is 1.52. The smallest absolute Gasteiger partial charge is 0.160 e.